The van der Waals surface area contributed by atoms with Gasteiger partial charge in [-0.25, -0.2) is 9.88 Å². The monoisotopic (exact) mass is 322 g/mol. The molecule has 1 saturated carbocycles. The van der Waals surface area contributed by atoms with Crippen molar-refractivity contribution in [2.75, 3.05) is 12.0 Å². The van der Waals surface area contributed by atoms with Crippen molar-refractivity contribution in [3.8, 4) is 5.88 Å². The van der Waals surface area contributed by atoms with Crippen molar-refractivity contribution in [1.82, 2.24) is 4.98 Å². The molecule has 1 aromatic heterocycles. The van der Waals surface area contributed by atoms with Gasteiger partial charge in [-0.05, 0) is 49.9 Å². The van der Waals surface area contributed by atoms with Gasteiger partial charge in [0.15, 0.2) is 0 Å². The average molecular weight is 322 g/mol. The van der Waals surface area contributed by atoms with E-state index in [9.17, 15) is 9.59 Å². The van der Waals surface area contributed by atoms with Crippen molar-refractivity contribution in [2.45, 2.75) is 32.6 Å². The van der Waals surface area contributed by atoms with Gasteiger partial charge in [-0.3, -0.25) is 9.59 Å². The number of hydrogen-bond donors (Lipinski definition) is 0. The zero-order valence-electron chi connectivity index (χ0n) is 13.9. The number of ether oxygens (including phenoxy) is 1. The molecular weight excluding hydrogens is 304 g/mol. The number of anilines is 1. The Labute approximate surface area is 140 Å². The number of rotatable bonds is 3. The van der Waals surface area contributed by atoms with Gasteiger partial charge in [0.2, 0.25) is 5.88 Å². The van der Waals surface area contributed by atoms with E-state index in [1.165, 1.54) is 12.0 Å². The molecule has 5 nitrogen and oxygen atoms in total. The first-order valence-electron chi connectivity index (χ1n) is 8.06. The molecule has 1 aliphatic heterocycles. The van der Waals surface area contributed by atoms with Gasteiger partial charge >= 0.3 is 0 Å². The normalized spacial score (nSPS) is 16.5. The van der Waals surface area contributed by atoms with Gasteiger partial charge in [0.25, 0.3) is 11.8 Å². The van der Waals surface area contributed by atoms with Crippen LogP contribution in [0.3, 0.4) is 0 Å². The van der Waals surface area contributed by atoms with E-state index in [1.54, 1.807) is 6.07 Å². The second-order valence-corrected chi connectivity index (χ2v) is 6.46. The number of nitrogens with zero attached hydrogens (tertiary/aromatic N) is 2. The van der Waals surface area contributed by atoms with Gasteiger partial charge in [0, 0.05) is 12.0 Å². The molecule has 0 saturated heterocycles. The third-order valence-corrected chi connectivity index (χ3v) is 4.80. The SMILES string of the molecule is COc1cc2c(c(C3CC3)n1)C(=O)N(c1ccc(C)c(C)c1)C2=O. The van der Waals surface area contributed by atoms with E-state index in [-0.39, 0.29) is 17.7 Å². The van der Waals surface area contributed by atoms with E-state index in [0.29, 0.717) is 28.4 Å². The first-order chi connectivity index (χ1) is 11.5. The number of aromatic nitrogens is 1. The summed E-state index contributed by atoms with van der Waals surface area (Å²) in [7, 11) is 1.52. The number of carbonyl (C=O) groups excluding carboxylic acids is 2. The fourth-order valence-corrected chi connectivity index (χ4v) is 3.11. The fourth-order valence-electron chi connectivity index (χ4n) is 3.11. The number of carbonyl (C=O) groups is 2. The van der Waals surface area contributed by atoms with E-state index < -0.39 is 0 Å². The van der Waals surface area contributed by atoms with Crippen molar-refractivity contribution >= 4 is 17.5 Å². The third kappa shape index (κ3) is 2.12. The van der Waals surface area contributed by atoms with Crippen LogP contribution in [0.15, 0.2) is 24.3 Å². The minimum Gasteiger partial charge on any atom is -0.481 e. The Morgan fingerprint density at radius 2 is 1.83 bits per heavy atom. The Morgan fingerprint density at radius 3 is 2.46 bits per heavy atom. The lowest BCUT2D eigenvalue weighted by molar-refractivity contribution is 0.0926. The first-order valence-corrected chi connectivity index (χ1v) is 8.06. The Bertz CT molecular complexity index is 884. The fraction of sp³-hybridized carbons (Fsp3) is 0.316. The maximum atomic E-state index is 13.0. The molecule has 0 bridgehead atoms. The molecular formula is C19H18N2O3. The third-order valence-electron chi connectivity index (χ3n) is 4.80. The second kappa shape index (κ2) is 5.16. The molecule has 0 atom stereocenters. The Hall–Kier alpha value is -2.69. The lowest BCUT2D eigenvalue weighted by Crippen LogP contribution is -2.29. The molecule has 0 N–H and O–H groups in total. The van der Waals surface area contributed by atoms with Gasteiger partial charge in [-0.2, -0.15) is 0 Å². The zero-order chi connectivity index (χ0) is 17.0. The largest absolute Gasteiger partial charge is 0.481 e. The van der Waals surface area contributed by atoms with Crippen molar-refractivity contribution in [3.05, 3.63) is 52.2 Å². The summed E-state index contributed by atoms with van der Waals surface area (Å²) in [4.78, 5) is 31.6. The topological polar surface area (TPSA) is 59.5 Å². The lowest BCUT2D eigenvalue weighted by Gasteiger charge is -2.15. The van der Waals surface area contributed by atoms with Crippen molar-refractivity contribution in [2.24, 2.45) is 0 Å². The zero-order valence-corrected chi connectivity index (χ0v) is 13.9. The van der Waals surface area contributed by atoms with Crippen LogP contribution in [0.1, 0.15) is 56.3 Å². The van der Waals surface area contributed by atoms with Crippen LogP contribution in [0, 0.1) is 13.8 Å². The number of fused-ring (bicyclic) bond motifs is 1. The minimum atomic E-state index is -0.305. The molecule has 24 heavy (non-hydrogen) atoms. The summed E-state index contributed by atoms with van der Waals surface area (Å²) >= 11 is 0. The predicted octanol–water partition coefficient (Wildman–Crippen LogP) is 3.39. The molecule has 0 unspecified atom stereocenters. The Kier molecular flexibility index (Phi) is 3.20. The van der Waals surface area contributed by atoms with Crippen LogP contribution in [0.2, 0.25) is 0 Å². The number of amides is 2. The first kappa shape index (κ1) is 14.9. The van der Waals surface area contributed by atoms with E-state index in [4.69, 9.17) is 4.74 Å². The van der Waals surface area contributed by atoms with Crippen LogP contribution in [0.5, 0.6) is 5.88 Å². The van der Waals surface area contributed by atoms with Crippen LogP contribution in [0.4, 0.5) is 5.69 Å². The molecule has 1 fully saturated rings. The van der Waals surface area contributed by atoms with E-state index in [1.807, 2.05) is 32.0 Å². The van der Waals surface area contributed by atoms with Crippen molar-refractivity contribution < 1.29 is 14.3 Å². The lowest BCUT2D eigenvalue weighted by atomic mass is 10.1. The Morgan fingerprint density at radius 1 is 1.08 bits per heavy atom. The summed E-state index contributed by atoms with van der Waals surface area (Å²) in [6.07, 6.45) is 2.00. The Balaban J connectivity index is 1.86. The highest BCUT2D eigenvalue weighted by Gasteiger charge is 2.43. The molecule has 0 radical (unpaired) electrons. The molecule has 4 rings (SSSR count). The standard InChI is InChI=1S/C19H18N2O3/c1-10-4-7-13(8-11(10)2)21-18(22)14-9-15(24-3)20-17(12-5-6-12)16(14)19(21)23/h4,7-9,12H,5-6H2,1-3H3. The highest BCUT2D eigenvalue weighted by atomic mass is 16.5. The maximum absolute atomic E-state index is 13.0. The molecule has 1 aliphatic carbocycles. The molecule has 2 heterocycles. The molecule has 0 spiro atoms. The number of pyridine rings is 1. The van der Waals surface area contributed by atoms with Crippen LogP contribution in [-0.2, 0) is 0 Å². The van der Waals surface area contributed by atoms with Gasteiger partial charge in [-0.15, -0.1) is 0 Å². The van der Waals surface area contributed by atoms with Crippen LogP contribution >= 0.6 is 0 Å². The number of aryl methyl sites for hydroxylation is 2. The van der Waals surface area contributed by atoms with Gasteiger partial charge in [0.05, 0.1) is 29.6 Å². The number of imide groups is 1. The molecule has 1 aromatic carbocycles. The quantitative estimate of drug-likeness (QED) is 0.813. The summed E-state index contributed by atoms with van der Waals surface area (Å²) in [6.45, 7) is 3.97. The number of hydrogen-bond acceptors (Lipinski definition) is 4. The van der Waals surface area contributed by atoms with Crippen molar-refractivity contribution in [1.29, 1.82) is 0 Å². The van der Waals surface area contributed by atoms with E-state index in [2.05, 4.69) is 4.98 Å². The number of methoxy groups -OCH3 is 1. The molecule has 2 amide bonds. The molecule has 5 heteroatoms. The maximum Gasteiger partial charge on any atom is 0.268 e. The smallest absolute Gasteiger partial charge is 0.268 e. The van der Waals surface area contributed by atoms with Crippen LogP contribution < -0.4 is 9.64 Å². The molecule has 122 valence electrons. The summed E-state index contributed by atoms with van der Waals surface area (Å²) in [6, 6.07) is 7.18. The molecule has 2 aliphatic rings. The van der Waals surface area contributed by atoms with Crippen LogP contribution in [-0.4, -0.2) is 23.9 Å². The number of benzene rings is 1. The van der Waals surface area contributed by atoms with E-state index in [0.717, 1.165) is 24.0 Å². The van der Waals surface area contributed by atoms with Gasteiger partial charge in [0.1, 0.15) is 0 Å². The predicted molar refractivity (Wildman–Crippen MR) is 89.8 cm³/mol. The minimum absolute atomic E-state index is 0.255. The van der Waals surface area contributed by atoms with Crippen LogP contribution in [0.25, 0.3) is 0 Å². The summed E-state index contributed by atoms with van der Waals surface area (Å²) in [5, 5.41) is 0. The van der Waals surface area contributed by atoms with Gasteiger partial charge < -0.3 is 4.74 Å². The molecule has 2 aromatic rings. The highest BCUT2D eigenvalue weighted by Crippen LogP contribution is 2.44. The van der Waals surface area contributed by atoms with Crippen molar-refractivity contribution in [3.63, 3.8) is 0 Å². The summed E-state index contributed by atoms with van der Waals surface area (Å²) in [5.41, 5.74) is 4.31. The average Bonchev–Trinajstić information content (AvgIpc) is 3.38. The summed E-state index contributed by atoms with van der Waals surface area (Å²) < 4.78 is 5.22. The van der Waals surface area contributed by atoms with Gasteiger partial charge in [-0.1, -0.05) is 6.07 Å². The second-order valence-electron chi connectivity index (χ2n) is 6.46. The highest BCUT2D eigenvalue weighted by molar-refractivity contribution is 6.35. The summed E-state index contributed by atoms with van der Waals surface area (Å²) in [5.74, 6) is 0.0557. The van der Waals surface area contributed by atoms with E-state index >= 15 is 0 Å².